The summed E-state index contributed by atoms with van der Waals surface area (Å²) in [6.45, 7) is 0. The highest BCUT2D eigenvalue weighted by Gasteiger charge is 2.31. The number of nitrogens with zero attached hydrogens (tertiary/aromatic N) is 1. The summed E-state index contributed by atoms with van der Waals surface area (Å²) in [7, 11) is 0. The normalized spacial score (nSPS) is 18.6. The van der Waals surface area contributed by atoms with E-state index in [1.807, 2.05) is 6.08 Å². The number of hydrogen-bond acceptors (Lipinski definition) is 2. The van der Waals surface area contributed by atoms with Gasteiger partial charge in [0.15, 0.2) is 0 Å². The summed E-state index contributed by atoms with van der Waals surface area (Å²) in [5.41, 5.74) is 0.351. The highest BCUT2D eigenvalue weighted by molar-refractivity contribution is 5.24. The number of allylic oxidation sites excluding steroid dienone is 1. The molecular formula is C14H16F3NO. The van der Waals surface area contributed by atoms with Crippen LogP contribution in [-0.4, -0.2) is 10.1 Å². The monoisotopic (exact) mass is 271 g/mol. The van der Waals surface area contributed by atoms with Gasteiger partial charge in [-0.1, -0.05) is 12.5 Å². The Balaban J connectivity index is 2.15. The Morgan fingerprint density at radius 1 is 1.16 bits per heavy atom. The summed E-state index contributed by atoms with van der Waals surface area (Å²) in [4.78, 5) is 3.74. The van der Waals surface area contributed by atoms with E-state index in [1.165, 1.54) is 6.07 Å². The first-order chi connectivity index (χ1) is 8.98. The van der Waals surface area contributed by atoms with Crippen molar-refractivity contribution in [3.63, 3.8) is 0 Å². The molecule has 1 aromatic heterocycles. The van der Waals surface area contributed by atoms with Crippen molar-refractivity contribution >= 4 is 0 Å². The van der Waals surface area contributed by atoms with Gasteiger partial charge in [0.05, 0.1) is 11.3 Å². The van der Waals surface area contributed by atoms with Crippen LogP contribution in [0.1, 0.15) is 49.5 Å². The maximum Gasteiger partial charge on any atom is 0.417 e. The Labute approximate surface area is 110 Å². The first-order valence-corrected chi connectivity index (χ1v) is 6.38. The van der Waals surface area contributed by atoms with Crippen LogP contribution in [0, 0.1) is 0 Å². The zero-order chi connectivity index (χ0) is 13.9. The minimum atomic E-state index is -4.39. The van der Waals surface area contributed by atoms with Gasteiger partial charge in [-0.25, -0.2) is 0 Å². The van der Waals surface area contributed by atoms with Crippen molar-refractivity contribution in [1.82, 2.24) is 4.98 Å². The maximum atomic E-state index is 12.4. The molecule has 104 valence electrons. The molecule has 1 N–H and O–H groups in total. The summed E-state index contributed by atoms with van der Waals surface area (Å²) in [6, 6.07) is 2.21. The number of aliphatic hydroxyl groups excluding tert-OH is 1. The Kier molecular flexibility index (Phi) is 4.24. The van der Waals surface area contributed by atoms with Gasteiger partial charge in [0.1, 0.15) is 6.10 Å². The fraction of sp³-hybridized carbons (Fsp3) is 0.500. The van der Waals surface area contributed by atoms with Crippen LogP contribution < -0.4 is 0 Å². The lowest BCUT2D eigenvalue weighted by Gasteiger charge is -2.14. The molecular weight excluding hydrogens is 255 g/mol. The van der Waals surface area contributed by atoms with Gasteiger partial charge in [-0.2, -0.15) is 13.2 Å². The van der Waals surface area contributed by atoms with Gasteiger partial charge in [-0.3, -0.25) is 4.98 Å². The van der Waals surface area contributed by atoms with Crippen molar-refractivity contribution in [3.05, 3.63) is 41.2 Å². The Morgan fingerprint density at radius 3 is 2.58 bits per heavy atom. The molecule has 1 atom stereocenters. The number of rotatable bonds is 2. The topological polar surface area (TPSA) is 33.1 Å². The Hall–Kier alpha value is -1.36. The second-order valence-corrected chi connectivity index (χ2v) is 4.75. The van der Waals surface area contributed by atoms with Crippen molar-refractivity contribution in [1.29, 1.82) is 0 Å². The van der Waals surface area contributed by atoms with Crippen LogP contribution in [0.4, 0.5) is 13.2 Å². The number of halogens is 3. The average Bonchev–Trinajstić information content (AvgIpc) is 2.66. The van der Waals surface area contributed by atoms with Gasteiger partial charge in [-0.05, 0) is 43.4 Å². The SMILES string of the molecule is OC(C1=CCCCCC1)c1ccc(C(F)(F)F)cn1. The van der Waals surface area contributed by atoms with Crippen LogP contribution in [0.15, 0.2) is 30.0 Å². The van der Waals surface area contributed by atoms with E-state index in [0.29, 0.717) is 0 Å². The standard InChI is InChI=1S/C14H16F3NO/c15-14(16,17)11-7-8-12(18-9-11)13(19)10-5-3-1-2-4-6-10/h5,7-9,13,19H,1-4,6H2. The summed E-state index contributed by atoms with van der Waals surface area (Å²) in [5.74, 6) is 0. The molecule has 0 saturated heterocycles. The zero-order valence-electron chi connectivity index (χ0n) is 10.5. The van der Waals surface area contributed by atoms with Gasteiger partial charge in [0, 0.05) is 6.20 Å². The van der Waals surface area contributed by atoms with E-state index in [-0.39, 0.29) is 5.69 Å². The van der Waals surface area contributed by atoms with Crippen LogP contribution >= 0.6 is 0 Å². The smallest absolute Gasteiger partial charge is 0.382 e. The molecule has 0 amide bonds. The van der Waals surface area contributed by atoms with Gasteiger partial charge < -0.3 is 5.11 Å². The maximum absolute atomic E-state index is 12.4. The molecule has 1 aliphatic carbocycles. The molecule has 0 aromatic carbocycles. The lowest BCUT2D eigenvalue weighted by Crippen LogP contribution is -2.08. The molecule has 0 saturated carbocycles. The van der Waals surface area contributed by atoms with Crippen molar-refractivity contribution in [2.75, 3.05) is 0 Å². The van der Waals surface area contributed by atoms with Crippen molar-refractivity contribution in [3.8, 4) is 0 Å². The summed E-state index contributed by atoms with van der Waals surface area (Å²) < 4.78 is 37.2. The molecule has 0 bridgehead atoms. The van der Waals surface area contributed by atoms with E-state index >= 15 is 0 Å². The highest BCUT2D eigenvalue weighted by atomic mass is 19.4. The van der Waals surface area contributed by atoms with E-state index in [2.05, 4.69) is 4.98 Å². The van der Waals surface area contributed by atoms with Crippen LogP contribution in [0.2, 0.25) is 0 Å². The number of aromatic nitrogens is 1. The van der Waals surface area contributed by atoms with Crippen molar-refractivity contribution in [2.24, 2.45) is 0 Å². The number of hydrogen-bond donors (Lipinski definition) is 1. The fourth-order valence-electron chi connectivity index (χ4n) is 2.21. The third kappa shape index (κ3) is 3.56. The molecule has 1 aromatic rings. The lowest BCUT2D eigenvalue weighted by atomic mass is 10.0. The quantitative estimate of drug-likeness (QED) is 0.824. The molecule has 0 spiro atoms. The second-order valence-electron chi connectivity index (χ2n) is 4.75. The molecule has 1 heterocycles. The van der Waals surface area contributed by atoms with Crippen molar-refractivity contribution < 1.29 is 18.3 Å². The number of alkyl halides is 3. The predicted molar refractivity (Wildman–Crippen MR) is 65.4 cm³/mol. The van der Waals surface area contributed by atoms with Crippen molar-refractivity contribution in [2.45, 2.75) is 44.4 Å². The number of pyridine rings is 1. The molecule has 2 nitrogen and oxygen atoms in total. The molecule has 0 aliphatic heterocycles. The Bertz CT molecular complexity index is 451. The minimum Gasteiger partial charge on any atom is -0.382 e. The van der Waals surface area contributed by atoms with Crippen LogP contribution in [0.5, 0.6) is 0 Å². The molecule has 1 aliphatic rings. The average molecular weight is 271 g/mol. The lowest BCUT2D eigenvalue weighted by molar-refractivity contribution is -0.137. The first-order valence-electron chi connectivity index (χ1n) is 6.38. The minimum absolute atomic E-state index is 0.279. The van der Waals surface area contributed by atoms with Crippen LogP contribution in [0.25, 0.3) is 0 Å². The molecule has 0 fully saturated rings. The highest BCUT2D eigenvalue weighted by Crippen LogP contribution is 2.31. The van der Waals surface area contributed by atoms with E-state index in [4.69, 9.17) is 0 Å². The van der Waals surface area contributed by atoms with E-state index < -0.39 is 17.8 Å². The van der Waals surface area contributed by atoms with Gasteiger partial charge in [-0.15, -0.1) is 0 Å². The summed E-state index contributed by atoms with van der Waals surface area (Å²) in [6.07, 6.45) is 2.38. The molecule has 5 heteroatoms. The fourth-order valence-corrected chi connectivity index (χ4v) is 2.21. The molecule has 0 radical (unpaired) electrons. The number of aliphatic hydroxyl groups is 1. The summed E-state index contributed by atoms with van der Waals surface area (Å²) >= 11 is 0. The van der Waals surface area contributed by atoms with Crippen LogP contribution in [0.3, 0.4) is 0 Å². The molecule has 2 rings (SSSR count). The first kappa shape index (κ1) is 14.1. The molecule has 19 heavy (non-hydrogen) atoms. The van der Waals surface area contributed by atoms with E-state index in [0.717, 1.165) is 49.9 Å². The van der Waals surface area contributed by atoms with Gasteiger partial charge in [0.25, 0.3) is 0 Å². The third-order valence-corrected chi connectivity index (χ3v) is 3.32. The van der Waals surface area contributed by atoms with Gasteiger partial charge >= 0.3 is 6.18 Å². The Morgan fingerprint density at radius 2 is 1.95 bits per heavy atom. The largest absolute Gasteiger partial charge is 0.417 e. The predicted octanol–water partition coefficient (Wildman–Crippen LogP) is 4.02. The second kappa shape index (κ2) is 5.74. The van der Waals surface area contributed by atoms with E-state index in [9.17, 15) is 18.3 Å². The van der Waals surface area contributed by atoms with E-state index in [1.54, 1.807) is 0 Å². The third-order valence-electron chi connectivity index (χ3n) is 3.32. The zero-order valence-corrected chi connectivity index (χ0v) is 10.5. The van der Waals surface area contributed by atoms with Gasteiger partial charge in [0.2, 0.25) is 0 Å². The summed E-state index contributed by atoms with van der Waals surface area (Å²) in [5, 5.41) is 10.2. The molecule has 1 unspecified atom stereocenters. The van der Waals surface area contributed by atoms with Crippen LogP contribution in [-0.2, 0) is 6.18 Å².